The van der Waals surface area contributed by atoms with E-state index in [0.717, 1.165) is 22.3 Å². The standard InChI is InChI=1S/C31H26N2O2.2CHF3O3S.Zn/c1-5-13-22(14-6-1)28-30(24-17-9-3-10-18-24)34-26(32-28)21-27-33-29(23-15-7-2-8-16-23)31(35-27)25-19-11-4-12-20-25;2*2-1(3,4)8(5,6)7;/h1-20,28-31H,21H2;2*(H,5,6,7);/t28-,29-,30+,31+;;;/m1.../s1. The Balaban J connectivity index is 0.000000361. The molecule has 0 saturated carbocycles. The fraction of sp³-hybridized carbons (Fsp3) is 0.212. The Bertz CT molecular complexity index is 1880. The van der Waals surface area contributed by atoms with Crippen molar-refractivity contribution in [2.75, 3.05) is 0 Å². The van der Waals surface area contributed by atoms with Crippen LogP contribution in [-0.2, 0) is 49.2 Å². The van der Waals surface area contributed by atoms with Crippen LogP contribution in [0.5, 0.6) is 0 Å². The van der Waals surface area contributed by atoms with Crippen molar-refractivity contribution in [1.82, 2.24) is 0 Å². The number of hydrogen-bond donors (Lipinski definition) is 2. The molecule has 0 spiro atoms. The van der Waals surface area contributed by atoms with Crippen LogP contribution in [0.1, 0.15) is 53.0 Å². The molecular formula is C33H28F6N2O8S2Zn. The van der Waals surface area contributed by atoms with Crippen molar-refractivity contribution in [3.05, 3.63) is 144 Å². The van der Waals surface area contributed by atoms with Crippen molar-refractivity contribution in [3.8, 4) is 0 Å². The first-order valence-electron chi connectivity index (χ1n) is 14.6. The SMILES string of the molecule is O=S(=O)(O)C(F)(F)F.O=S(=O)(O)C(F)(F)F.[Zn].c1ccc([C@H]2N=C(CC3=N[C@H](c4ccccc4)[C@H](c4ccccc4)O3)O[C@H]2c2ccccc2)cc1. The second kappa shape index (κ2) is 17.6. The van der Waals surface area contributed by atoms with Crippen molar-refractivity contribution in [2.24, 2.45) is 9.98 Å². The number of ether oxygens (including phenoxy) is 2. The summed E-state index contributed by atoms with van der Waals surface area (Å²) in [5.74, 6) is 1.32. The topological polar surface area (TPSA) is 152 Å². The summed E-state index contributed by atoms with van der Waals surface area (Å²) in [7, 11) is -11.7. The maximum Gasteiger partial charge on any atom is 0.522 e. The normalized spacial score (nSPS) is 19.9. The largest absolute Gasteiger partial charge is 0.522 e. The predicted molar refractivity (Wildman–Crippen MR) is 174 cm³/mol. The zero-order valence-electron chi connectivity index (χ0n) is 26.6. The molecule has 2 N–H and O–H groups in total. The molecule has 2 aliphatic heterocycles. The van der Waals surface area contributed by atoms with E-state index in [2.05, 4.69) is 48.5 Å². The number of halogens is 6. The van der Waals surface area contributed by atoms with Crippen LogP contribution in [0.2, 0.25) is 0 Å². The molecule has 19 heteroatoms. The number of hydrogen-bond acceptors (Lipinski definition) is 8. The number of benzene rings is 4. The summed E-state index contributed by atoms with van der Waals surface area (Å²) in [5, 5.41) is 0. The molecule has 0 saturated heterocycles. The second-order valence-electron chi connectivity index (χ2n) is 10.7. The van der Waals surface area contributed by atoms with Gasteiger partial charge >= 0.3 is 31.3 Å². The summed E-state index contributed by atoms with van der Waals surface area (Å²) in [5.41, 5.74) is -6.58. The summed E-state index contributed by atoms with van der Waals surface area (Å²) in [4.78, 5) is 10.0. The van der Waals surface area contributed by atoms with Gasteiger partial charge in [-0.1, -0.05) is 121 Å². The minimum Gasteiger partial charge on any atom is -0.470 e. The van der Waals surface area contributed by atoms with Gasteiger partial charge in [0.2, 0.25) is 0 Å². The third kappa shape index (κ3) is 11.4. The maximum absolute atomic E-state index is 10.7. The quantitative estimate of drug-likeness (QED) is 0.0860. The van der Waals surface area contributed by atoms with Gasteiger partial charge in [-0.3, -0.25) is 9.11 Å². The molecule has 52 heavy (non-hydrogen) atoms. The fourth-order valence-electron chi connectivity index (χ4n) is 4.82. The van der Waals surface area contributed by atoms with Gasteiger partial charge in [0.1, 0.15) is 12.1 Å². The molecule has 0 fully saturated rings. The fourth-order valence-corrected chi connectivity index (χ4v) is 4.82. The predicted octanol–water partition coefficient (Wildman–Crippen LogP) is 7.98. The number of nitrogens with zero attached hydrogens (tertiary/aromatic N) is 2. The van der Waals surface area contributed by atoms with Crippen molar-refractivity contribution in [2.45, 2.75) is 41.7 Å². The first-order chi connectivity index (χ1) is 23.8. The van der Waals surface area contributed by atoms with E-state index < -0.39 is 31.3 Å². The van der Waals surface area contributed by atoms with Crippen LogP contribution >= 0.6 is 0 Å². The Morgan fingerprint density at radius 1 is 0.500 bits per heavy atom. The van der Waals surface area contributed by atoms with Crippen LogP contribution in [0.3, 0.4) is 0 Å². The third-order valence-electron chi connectivity index (χ3n) is 7.09. The average Bonchev–Trinajstić information content (AvgIpc) is 3.70. The summed E-state index contributed by atoms with van der Waals surface area (Å²) >= 11 is 0. The molecule has 2 heterocycles. The van der Waals surface area contributed by atoms with Gasteiger partial charge in [-0.05, 0) is 22.3 Å². The van der Waals surface area contributed by atoms with E-state index in [9.17, 15) is 26.3 Å². The molecule has 0 amide bonds. The molecule has 0 aromatic heterocycles. The molecule has 0 radical (unpaired) electrons. The van der Waals surface area contributed by atoms with Crippen LogP contribution in [0.15, 0.2) is 131 Å². The number of alkyl halides is 6. The van der Waals surface area contributed by atoms with Gasteiger partial charge in [0.05, 0.1) is 6.42 Å². The molecule has 0 bridgehead atoms. The van der Waals surface area contributed by atoms with E-state index >= 15 is 0 Å². The monoisotopic (exact) mass is 822 g/mol. The first kappa shape index (κ1) is 42.3. The van der Waals surface area contributed by atoms with Gasteiger partial charge in [0, 0.05) is 19.5 Å². The van der Waals surface area contributed by atoms with Crippen molar-refractivity contribution in [1.29, 1.82) is 0 Å². The smallest absolute Gasteiger partial charge is 0.470 e. The molecule has 4 aromatic carbocycles. The third-order valence-corrected chi connectivity index (χ3v) is 8.26. The number of aliphatic imine (C=N–C) groups is 2. The van der Waals surface area contributed by atoms with E-state index in [1.807, 2.05) is 72.8 Å². The zero-order valence-corrected chi connectivity index (χ0v) is 31.2. The molecule has 0 aliphatic carbocycles. The molecule has 4 aromatic rings. The van der Waals surface area contributed by atoms with Gasteiger partial charge in [0.15, 0.2) is 24.0 Å². The van der Waals surface area contributed by atoms with E-state index in [0.29, 0.717) is 18.2 Å². The van der Waals surface area contributed by atoms with Crippen LogP contribution < -0.4 is 0 Å². The Morgan fingerprint density at radius 2 is 0.731 bits per heavy atom. The van der Waals surface area contributed by atoms with E-state index in [1.165, 1.54) is 0 Å². The minimum absolute atomic E-state index is 0. The Labute approximate surface area is 307 Å². The van der Waals surface area contributed by atoms with Crippen molar-refractivity contribution >= 4 is 32.0 Å². The molecule has 6 rings (SSSR count). The first-order valence-corrected chi connectivity index (χ1v) is 17.5. The zero-order chi connectivity index (χ0) is 37.5. The maximum atomic E-state index is 10.7. The summed E-state index contributed by atoms with van der Waals surface area (Å²) < 4.78 is 128. The molecular weight excluding hydrogens is 796 g/mol. The summed E-state index contributed by atoms with van der Waals surface area (Å²) in [6, 6.07) is 41.0. The average molecular weight is 824 g/mol. The van der Waals surface area contributed by atoms with Gasteiger partial charge in [-0.2, -0.15) is 43.2 Å². The Kier molecular flexibility index (Phi) is 14.3. The van der Waals surface area contributed by atoms with Gasteiger partial charge in [-0.25, -0.2) is 9.98 Å². The summed E-state index contributed by atoms with van der Waals surface area (Å²) in [6.45, 7) is 0. The molecule has 10 nitrogen and oxygen atoms in total. The van der Waals surface area contributed by atoms with Gasteiger partial charge in [0.25, 0.3) is 0 Å². The minimum atomic E-state index is -5.84. The van der Waals surface area contributed by atoms with Crippen molar-refractivity contribution in [3.63, 3.8) is 0 Å². The molecule has 0 unspecified atom stereocenters. The van der Waals surface area contributed by atoms with Crippen LogP contribution in [0.4, 0.5) is 26.3 Å². The Hall–Kier alpha value is -4.16. The summed E-state index contributed by atoms with van der Waals surface area (Å²) in [6.07, 6.45) is 0.0789. The van der Waals surface area contributed by atoms with Gasteiger partial charge in [-0.15, -0.1) is 0 Å². The van der Waals surface area contributed by atoms with Crippen LogP contribution in [-0.4, -0.2) is 48.8 Å². The van der Waals surface area contributed by atoms with Gasteiger partial charge < -0.3 is 9.47 Å². The molecule has 274 valence electrons. The van der Waals surface area contributed by atoms with E-state index in [1.54, 1.807) is 0 Å². The van der Waals surface area contributed by atoms with E-state index in [4.69, 9.17) is 45.4 Å². The van der Waals surface area contributed by atoms with Crippen LogP contribution in [0, 0.1) is 0 Å². The molecule has 4 atom stereocenters. The van der Waals surface area contributed by atoms with Crippen molar-refractivity contribution < 1.29 is 81.2 Å². The Morgan fingerprint density at radius 3 is 0.962 bits per heavy atom. The van der Waals surface area contributed by atoms with Crippen LogP contribution in [0.25, 0.3) is 0 Å². The molecule has 2 aliphatic rings. The van der Waals surface area contributed by atoms with E-state index in [-0.39, 0.29) is 43.8 Å². The second-order valence-corrected chi connectivity index (χ2v) is 13.5. The number of rotatable bonds is 6.